The molecule has 4 heteroatoms. The third-order valence-corrected chi connectivity index (χ3v) is 4.25. The first-order valence-electron chi connectivity index (χ1n) is 7.02. The summed E-state index contributed by atoms with van der Waals surface area (Å²) in [6.45, 7) is 5.93. The first kappa shape index (κ1) is 12.5. The SMILES string of the molecule is Cc1ccc(C)c(NC(=O)N2C3CCC2CNC3)c1. The number of benzene rings is 1. The van der Waals surface area contributed by atoms with Gasteiger partial charge >= 0.3 is 6.03 Å². The third-order valence-electron chi connectivity index (χ3n) is 4.25. The Morgan fingerprint density at radius 2 is 1.95 bits per heavy atom. The molecule has 19 heavy (non-hydrogen) atoms. The van der Waals surface area contributed by atoms with Gasteiger partial charge in [-0.2, -0.15) is 0 Å². The first-order valence-corrected chi connectivity index (χ1v) is 7.02. The Hall–Kier alpha value is -1.55. The summed E-state index contributed by atoms with van der Waals surface area (Å²) < 4.78 is 0. The molecule has 0 saturated carbocycles. The normalized spacial score (nSPS) is 25.5. The van der Waals surface area contributed by atoms with Crippen molar-refractivity contribution in [2.75, 3.05) is 18.4 Å². The van der Waals surface area contributed by atoms with Crippen molar-refractivity contribution in [2.24, 2.45) is 0 Å². The lowest BCUT2D eigenvalue weighted by atomic mass is 10.1. The van der Waals surface area contributed by atoms with Crippen molar-refractivity contribution in [1.82, 2.24) is 10.2 Å². The minimum Gasteiger partial charge on any atom is -0.316 e. The number of anilines is 1. The molecule has 2 heterocycles. The zero-order chi connectivity index (χ0) is 13.4. The molecule has 2 saturated heterocycles. The topological polar surface area (TPSA) is 44.4 Å². The lowest BCUT2D eigenvalue weighted by Gasteiger charge is -2.35. The molecule has 2 fully saturated rings. The Balaban J connectivity index is 1.76. The van der Waals surface area contributed by atoms with Gasteiger partial charge in [0.15, 0.2) is 0 Å². The Bertz CT molecular complexity index is 484. The first-order chi connectivity index (χ1) is 9.15. The van der Waals surface area contributed by atoms with Crippen LogP contribution in [0.4, 0.5) is 10.5 Å². The predicted octanol–water partition coefficient (Wildman–Crippen LogP) is 2.27. The van der Waals surface area contributed by atoms with Crippen molar-refractivity contribution in [3.63, 3.8) is 0 Å². The summed E-state index contributed by atoms with van der Waals surface area (Å²) >= 11 is 0. The van der Waals surface area contributed by atoms with Crippen molar-refractivity contribution < 1.29 is 4.79 Å². The molecule has 2 unspecified atom stereocenters. The van der Waals surface area contributed by atoms with E-state index in [0.29, 0.717) is 12.1 Å². The number of piperazine rings is 1. The van der Waals surface area contributed by atoms with Crippen LogP contribution in [-0.2, 0) is 0 Å². The summed E-state index contributed by atoms with van der Waals surface area (Å²) in [6, 6.07) is 6.95. The number of hydrogen-bond acceptors (Lipinski definition) is 2. The van der Waals surface area contributed by atoms with Gasteiger partial charge in [0.1, 0.15) is 0 Å². The van der Waals surface area contributed by atoms with Gasteiger partial charge in [-0.05, 0) is 43.9 Å². The van der Waals surface area contributed by atoms with E-state index in [1.807, 2.05) is 24.8 Å². The highest BCUT2D eigenvalue weighted by atomic mass is 16.2. The smallest absolute Gasteiger partial charge is 0.316 e. The van der Waals surface area contributed by atoms with Gasteiger partial charge < -0.3 is 15.5 Å². The number of nitrogens with zero attached hydrogens (tertiary/aromatic N) is 1. The summed E-state index contributed by atoms with van der Waals surface area (Å²) in [7, 11) is 0. The highest BCUT2D eigenvalue weighted by molar-refractivity contribution is 5.91. The molecule has 2 atom stereocenters. The molecule has 2 aliphatic rings. The average molecular weight is 259 g/mol. The summed E-state index contributed by atoms with van der Waals surface area (Å²) in [5, 5.41) is 6.48. The van der Waals surface area contributed by atoms with Crippen LogP contribution in [0.1, 0.15) is 24.0 Å². The quantitative estimate of drug-likeness (QED) is 0.812. The number of fused-ring (bicyclic) bond motifs is 2. The molecule has 1 aromatic rings. The molecule has 2 bridgehead atoms. The summed E-state index contributed by atoms with van der Waals surface area (Å²) in [6.07, 6.45) is 2.25. The maximum Gasteiger partial charge on any atom is 0.322 e. The van der Waals surface area contributed by atoms with Gasteiger partial charge in [-0.15, -0.1) is 0 Å². The number of carbonyl (C=O) groups excluding carboxylic acids is 1. The highest BCUT2D eigenvalue weighted by Gasteiger charge is 2.39. The van der Waals surface area contributed by atoms with Gasteiger partial charge in [0.05, 0.1) is 0 Å². The van der Waals surface area contributed by atoms with Gasteiger partial charge in [0.25, 0.3) is 0 Å². The van der Waals surface area contributed by atoms with Gasteiger partial charge in [0.2, 0.25) is 0 Å². The van der Waals surface area contributed by atoms with Crippen LogP contribution < -0.4 is 10.6 Å². The molecule has 0 aliphatic carbocycles. The van der Waals surface area contributed by atoms with E-state index in [-0.39, 0.29) is 6.03 Å². The number of hydrogen-bond donors (Lipinski definition) is 2. The number of nitrogens with one attached hydrogen (secondary N) is 2. The minimum atomic E-state index is 0.0581. The van der Waals surface area contributed by atoms with E-state index in [0.717, 1.165) is 37.2 Å². The van der Waals surface area contributed by atoms with Gasteiger partial charge in [-0.1, -0.05) is 12.1 Å². The fourth-order valence-corrected chi connectivity index (χ4v) is 3.16. The maximum atomic E-state index is 12.5. The van der Waals surface area contributed by atoms with Crippen LogP contribution in [0.3, 0.4) is 0 Å². The molecule has 2 aliphatic heterocycles. The molecule has 2 amide bonds. The second-order valence-corrected chi connectivity index (χ2v) is 5.70. The minimum absolute atomic E-state index is 0.0581. The number of rotatable bonds is 1. The third kappa shape index (κ3) is 2.32. The summed E-state index contributed by atoms with van der Waals surface area (Å²) in [5.74, 6) is 0. The van der Waals surface area contributed by atoms with E-state index >= 15 is 0 Å². The average Bonchev–Trinajstić information content (AvgIpc) is 2.64. The molecule has 0 aromatic heterocycles. The lowest BCUT2D eigenvalue weighted by molar-refractivity contribution is 0.167. The number of amides is 2. The molecule has 2 N–H and O–H groups in total. The van der Waals surface area contributed by atoms with E-state index in [4.69, 9.17) is 0 Å². The Morgan fingerprint density at radius 1 is 1.26 bits per heavy atom. The van der Waals surface area contributed by atoms with Crippen molar-refractivity contribution in [3.8, 4) is 0 Å². The molecule has 1 aromatic carbocycles. The van der Waals surface area contributed by atoms with Gasteiger partial charge in [-0.25, -0.2) is 4.79 Å². The van der Waals surface area contributed by atoms with E-state index in [9.17, 15) is 4.79 Å². The van der Waals surface area contributed by atoms with Crippen LogP contribution in [0.5, 0.6) is 0 Å². The van der Waals surface area contributed by atoms with Crippen LogP contribution in [0.2, 0.25) is 0 Å². The molecule has 0 radical (unpaired) electrons. The Labute approximate surface area is 114 Å². The zero-order valence-electron chi connectivity index (χ0n) is 11.6. The molecule has 3 rings (SSSR count). The summed E-state index contributed by atoms with van der Waals surface area (Å²) in [4.78, 5) is 14.5. The monoisotopic (exact) mass is 259 g/mol. The number of urea groups is 1. The fourth-order valence-electron chi connectivity index (χ4n) is 3.16. The molecule has 4 nitrogen and oxygen atoms in total. The van der Waals surface area contributed by atoms with Crippen molar-refractivity contribution in [2.45, 2.75) is 38.8 Å². The number of aryl methyl sites for hydroxylation is 2. The lowest BCUT2D eigenvalue weighted by Crippen LogP contribution is -2.55. The summed E-state index contributed by atoms with van der Waals surface area (Å²) in [5.41, 5.74) is 3.22. The second kappa shape index (κ2) is 4.85. The van der Waals surface area contributed by atoms with Crippen LogP contribution in [0, 0.1) is 13.8 Å². The van der Waals surface area contributed by atoms with Crippen LogP contribution >= 0.6 is 0 Å². The predicted molar refractivity (Wildman–Crippen MR) is 76.5 cm³/mol. The van der Waals surface area contributed by atoms with E-state index in [1.165, 1.54) is 5.56 Å². The van der Waals surface area contributed by atoms with Crippen LogP contribution in [-0.4, -0.2) is 36.1 Å². The van der Waals surface area contributed by atoms with E-state index in [1.54, 1.807) is 0 Å². The van der Waals surface area contributed by atoms with E-state index < -0.39 is 0 Å². The van der Waals surface area contributed by atoms with Crippen LogP contribution in [0.25, 0.3) is 0 Å². The number of carbonyl (C=O) groups is 1. The van der Waals surface area contributed by atoms with Crippen molar-refractivity contribution in [1.29, 1.82) is 0 Å². The molecular weight excluding hydrogens is 238 g/mol. The fraction of sp³-hybridized carbons (Fsp3) is 0.533. The molecule has 102 valence electrons. The zero-order valence-corrected chi connectivity index (χ0v) is 11.6. The largest absolute Gasteiger partial charge is 0.322 e. The Kier molecular flexibility index (Phi) is 3.19. The van der Waals surface area contributed by atoms with Crippen LogP contribution in [0.15, 0.2) is 18.2 Å². The van der Waals surface area contributed by atoms with Gasteiger partial charge in [0, 0.05) is 30.9 Å². The molecular formula is C15H21N3O. The standard InChI is InChI=1S/C15H21N3O/c1-10-3-4-11(2)14(7-10)17-15(19)18-12-5-6-13(18)9-16-8-12/h3-4,7,12-13,16H,5-6,8-9H2,1-2H3,(H,17,19). The van der Waals surface area contributed by atoms with E-state index in [2.05, 4.69) is 22.8 Å². The molecule has 0 spiro atoms. The van der Waals surface area contributed by atoms with Gasteiger partial charge in [-0.3, -0.25) is 0 Å². The van der Waals surface area contributed by atoms with Crippen molar-refractivity contribution in [3.05, 3.63) is 29.3 Å². The highest BCUT2D eigenvalue weighted by Crippen LogP contribution is 2.27. The second-order valence-electron chi connectivity index (χ2n) is 5.70. The van der Waals surface area contributed by atoms with Crippen molar-refractivity contribution >= 4 is 11.7 Å². The maximum absolute atomic E-state index is 12.5. The Morgan fingerprint density at radius 3 is 2.63 bits per heavy atom.